The van der Waals surface area contributed by atoms with Crippen LogP contribution in [0.1, 0.15) is 43.6 Å². The van der Waals surface area contributed by atoms with E-state index in [9.17, 15) is 9.59 Å². The first-order valence-electron chi connectivity index (χ1n) is 10.4. The molecule has 0 radical (unpaired) electrons. The summed E-state index contributed by atoms with van der Waals surface area (Å²) in [6.45, 7) is 3.58. The van der Waals surface area contributed by atoms with Gasteiger partial charge in [0.1, 0.15) is 11.5 Å². The quantitative estimate of drug-likeness (QED) is 0.194. The van der Waals surface area contributed by atoms with Crippen molar-refractivity contribution in [2.75, 3.05) is 4.90 Å². The number of carbonyl (C=O) groups is 2. The Kier molecular flexibility index (Phi) is 5.34. The second kappa shape index (κ2) is 8.62. The number of nitrogens with zero attached hydrogens (tertiary/aromatic N) is 8. The Morgan fingerprint density at radius 2 is 1.65 bits per heavy atom. The van der Waals surface area contributed by atoms with Gasteiger partial charge in [0.25, 0.3) is 11.8 Å². The molecule has 0 atom stereocenters. The Bertz CT molecular complexity index is 1410. The number of aryl methyl sites for hydroxylation is 2. The summed E-state index contributed by atoms with van der Waals surface area (Å²) in [6, 6.07) is 17.2. The molecule has 168 valence electrons. The van der Waals surface area contributed by atoms with Gasteiger partial charge in [-0.25, -0.2) is 14.9 Å². The highest BCUT2D eigenvalue weighted by atomic mass is 16.6. The van der Waals surface area contributed by atoms with Crippen LogP contribution in [-0.2, 0) is 11.4 Å². The van der Waals surface area contributed by atoms with Crippen molar-refractivity contribution in [1.82, 2.24) is 30.2 Å². The third-order valence-corrected chi connectivity index (χ3v) is 5.12. The number of tetrazole rings is 1. The number of imide groups is 1. The lowest BCUT2D eigenvalue weighted by atomic mass is 10.1. The molecule has 0 bridgehead atoms. The maximum absolute atomic E-state index is 12.8. The van der Waals surface area contributed by atoms with Crippen LogP contribution < -0.4 is 4.90 Å². The van der Waals surface area contributed by atoms with Crippen molar-refractivity contribution in [1.29, 1.82) is 0 Å². The van der Waals surface area contributed by atoms with Gasteiger partial charge in [-0.05, 0) is 60.7 Å². The van der Waals surface area contributed by atoms with Crippen molar-refractivity contribution in [3.63, 3.8) is 0 Å². The molecule has 5 rings (SSSR count). The van der Waals surface area contributed by atoms with Gasteiger partial charge in [-0.3, -0.25) is 9.59 Å². The van der Waals surface area contributed by atoms with E-state index in [1.165, 1.54) is 4.68 Å². The lowest BCUT2D eigenvalue weighted by Crippen LogP contribution is -2.30. The van der Waals surface area contributed by atoms with E-state index in [1.54, 1.807) is 55.5 Å². The number of aromatic nitrogens is 6. The molecule has 1 aliphatic heterocycles. The van der Waals surface area contributed by atoms with Crippen molar-refractivity contribution >= 4 is 23.5 Å². The molecule has 1 aliphatic rings. The van der Waals surface area contributed by atoms with Gasteiger partial charge in [0.2, 0.25) is 5.84 Å². The molecule has 4 heterocycles. The predicted octanol–water partition coefficient (Wildman–Crippen LogP) is 2.31. The summed E-state index contributed by atoms with van der Waals surface area (Å²) in [6.07, 6.45) is 0. The van der Waals surface area contributed by atoms with E-state index < -0.39 is 11.8 Å². The Morgan fingerprint density at radius 1 is 0.912 bits per heavy atom. The minimum absolute atomic E-state index is 0.0203. The summed E-state index contributed by atoms with van der Waals surface area (Å²) in [4.78, 5) is 41.0. The summed E-state index contributed by atoms with van der Waals surface area (Å²) in [5, 5.41) is 15.7. The second-order valence-corrected chi connectivity index (χ2v) is 7.47. The van der Waals surface area contributed by atoms with E-state index in [-0.39, 0.29) is 12.4 Å². The van der Waals surface area contributed by atoms with Crippen molar-refractivity contribution in [3.8, 4) is 0 Å². The van der Waals surface area contributed by atoms with E-state index in [4.69, 9.17) is 4.84 Å². The zero-order chi connectivity index (χ0) is 23.7. The molecule has 11 nitrogen and oxygen atoms in total. The molecule has 11 heteroatoms. The summed E-state index contributed by atoms with van der Waals surface area (Å²) < 4.78 is 1.42. The molecule has 4 aromatic rings. The summed E-state index contributed by atoms with van der Waals surface area (Å²) >= 11 is 0. The molecule has 0 N–H and O–H groups in total. The van der Waals surface area contributed by atoms with E-state index in [0.717, 1.165) is 10.6 Å². The maximum Gasteiger partial charge on any atom is 0.267 e. The Balaban J connectivity index is 1.39. The number of oxime groups is 1. The highest BCUT2D eigenvalue weighted by Crippen LogP contribution is 2.27. The first-order valence-corrected chi connectivity index (χ1v) is 10.4. The third kappa shape index (κ3) is 3.79. The summed E-state index contributed by atoms with van der Waals surface area (Å²) in [7, 11) is 0. The van der Waals surface area contributed by atoms with Crippen LogP contribution in [0.2, 0.25) is 0 Å². The first kappa shape index (κ1) is 21.1. The molecule has 0 unspecified atom stereocenters. The lowest BCUT2D eigenvalue weighted by molar-refractivity contribution is 0.0924. The zero-order valence-electron chi connectivity index (χ0n) is 18.3. The number of pyridine rings is 2. The number of amides is 2. The van der Waals surface area contributed by atoms with Crippen LogP contribution in [-0.4, -0.2) is 47.8 Å². The molecule has 0 fully saturated rings. The minimum Gasteiger partial charge on any atom is -0.387 e. The molecule has 0 saturated heterocycles. The van der Waals surface area contributed by atoms with Gasteiger partial charge in [-0.1, -0.05) is 29.4 Å². The number of benzene rings is 1. The summed E-state index contributed by atoms with van der Waals surface area (Å²) in [5.41, 5.74) is 2.51. The van der Waals surface area contributed by atoms with Crippen molar-refractivity contribution in [2.45, 2.75) is 20.5 Å². The highest BCUT2D eigenvalue weighted by Gasteiger charge is 2.37. The maximum atomic E-state index is 12.8. The van der Waals surface area contributed by atoms with Gasteiger partial charge in [0, 0.05) is 5.69 Å². The van der Waals surface area contributed by atoms with E-state index in [2.05, 4.69) is 30.6 Å². The van der Waals surface area contributed by atoms with E-state index >= 15 is 0 Å². The molecule has 2 amide bonds. The Labute approximate surface area is 193 Å². The van der Waals surface area contributed by atoms with Gasteiger partial charge >= 0.3 is 0 Å². The van der Waals surface area contributed by atoms with Crippen LogP contribution >= 0.6 is 0 Å². The number of fused-ring (bicyclic) bond motifs is 1. The van der Waals surface area contributed by atoms with Gasteiger partial charge < -0.3 is 4.84 Å². The topological polar surface area (TPSA) is 128 Å². The summed E-state index contributed by atoms with van der Waals surface area (Å²) in [5.74, 6) is 0.213. The number of anilines is 1. The fourth-order valence-electron chi connectivity index (χ4n) is 3.52. The largest absolute Gasteiger partial charge is 0.387 e. The van der Waals surface area contributed by atoms with Crippen LogP contribution in [0.4, 0.5) is 5.82 Å². The second-order valence-electron chi connectivity index (χ2n) is 7.47. The number of rotatable bonds is 5. The average Bonchev–Trinajstić information content (AvgIpc) is 3.37. The molecule has 0 spiro atoms. The number of hydrogen-bond donors (Lipinski definition) is 0. The monoisotopic (exact) mass is 454 g/mol. The van der Waals surface area contributed by atoms with Crippen LogP contribution in [0.25, 0.3) is 0 Å². The fraction of sp³-hybridized carbons (Fsp3) is 0.130. The van der Waals surface area contributed by atoms with Crippen molar-refractivity contribution in [2.24, 2.45) is 5.16 Å². The normalized spacial score (nSPS) is 13.4. The molecular formula is C23H18N8O3. The smallest absolute Gasteiger partial charge is 0.267 e. The predicted molar refractivity (Wildman–Crippen MR) is 120 cm³/mol. The molecule has 1 aromatic carbocycles. The molecule has 0 saturated carbocycles. The van der Waals surface area contributed by atoms with Gasteiger partial charge in [-0.2, -0.15) is 4.68 Å². The van der Waals surface area contributed by atoms with Crippen LogP contribution in [0, 0.1) is 13.8 Å². The SMILES string of the molecule is Cc1cccc(C(=NOCc2cccc(N3C(=O)c4ccccc4C3=O)n2)n2nnnc2C)n1. The molecule has 34 heavy (non-hydrogen) atoms. The molecular weight excluding hydrogens is 436 g/mol. The zero-order valence-corrected chi connectivity index (χ0v) is 18.3. The van der Waals surface area contributed by atoms with E-state index in [0.29, 0.717) is 34.2 Å². The van der Waals surface area contributed by atoms with Gasteiger partial charge in [0.05, 0.1) is 16.8 Å². The number of hydrogen-bond acceptors (Lipinski definition) is 9. The highest BCUT2D eigenvalue weighted by molar-refractivity contribution is 6.34. The van der Waals surface area contributed by atoms with E-state index in [1.807, 2.05) is 19.1 Å². The molecule has 0 aliphatic carbocycles. The van der Waals surface area contributed by atoms with Crippen molar-refractivity contribution in [3.05, 3.63) is 94.7 Å². The van der Waals surface area contributed by atoms with Crippen LogP contribution in [0.15, 0.2) is 65.8 Å². The Morgan fingerprint density at radius 3 is 2.32 bits per heavy atom. The lowest BCUT2D eigenvalue weighted by Gasteiger charge is -2.13. The molecule has 3 aromatic heterocycles. The van der Waals surface area contributed by atoms with Gasteiger partial charge in [-0.15, -0.1) is 5.10 Å². The first-order chi connectivity index (χ1) is 16.5. The van der Waals surface area contributed by atoms with Crippen LogP contribution in [0.5, 0.6) is 0 Å². The number of carbonyl (C=O) groups excluding carboxylic acids is 2. The third-order valence-electron chi connectivity index (χ3n) is 5.12. The fourth-order valence-corrected chi connectivity index (χ4v) is 3.52. The van der Waals surface area contributed by atoms with Crippen LogP contribution in [0.3, 0.4) is 0 Å². The Hall–Kier alpha value is -4.80. The minimum atomic E-state index is -0.411. The van der Waals surface area contributed by atoms with Crippen molar-refractivity contribution < 1.29 is 14.4 Å². The average molecular weight is 454 g/mol. The van der Waals surface area contributed by atoms with Gasteiger partial charge in [0.15, 0.2) is 12.4 Å². The standard InChI is InChI=1S/C23H18N8O3/c1-14-7-5-11-19(24-14)21(31-15(2)26-28-29-31)27-34-13-16-8-6-12-20(25-16)30-22(32)17-9-3-4-10-18(17)23(30)33/h3-12H,13H2,1-2H3.